The molecule has 11 heteroatoms. The van der Waals surface area contributed by atoms with Crippen LogP contribution in [0.1, 0.15) is 65.9 Å². The Morgan fingerprint density at radius 1 is 1.11 bits per heavy atom. The van der Waals surface area contributed by atoms with Gasteiger partial charge in [0.1, 0.15) is 11.5 Å². The highest BCUT2D eigenvalue weighted by molar-refractivity contribution is 7.94. The van der Waals surface area contributed by atoms with Gasteiger partial charge in [0.25, 0.3) is 0 Å². The van der Waals surface area contributed by atoms with Crippen LogP contribution in [0.3, 0.4) is 0 Å². The quantitative estimate of drug-likeness (QED) is 0.349. The van der Waals surface area contributed by atoms with E-state index >= 15 is 0 Å². The van der Waals surface area contributed by atoms with Gasteiger partial charge in [-0.15, -0.1) is 10.2 Å². The zero-order chi connectivity index (χ0) is 26.8. The molecule has 3 aromatic heterocycles. The number of nitrogens with one attached hydrogen (secondary N) is 1. The Bertz CT molecular complexity index is 1470. The number of anilines is 2. The number of nitrogens with zero attached hydrogens (tertiary/aromatic N) is 7. The van der Waals surface area contributed by atoms with Crippen molar-refractivity contribution in [2.24, 2.45) is 0 Å². The smallest absolute Gasteiger partial charge is 0.203 e. The maximum absolute atomic E-state index is 13.5. The standard InChI is InChI=1S/C26H36N8O2S/c1-14(2)27-23-25-31-30-17(6)32(25)12-20(28-23)24-29-19-10-18-21(11-22(19)33(24)16(5)13-36-9)34(15(3)4)37(35)26(18,7)8/h10-12,14-16H,13H2,1-9H3,(H,27,28). The molecule has 198 valence electrons. The molecule has 2 atom stereocenters. The van der Waals surface area contributed by atoms with Gasteiger partial charge in [0.15, 0.2) is 16.4 Å². The van der Waals surface area contributed by atoms with Crippen molar-refractivity contribution in [3.05, 3.63) is 29.7 Å². The maximum Gasteiger partial charge on any atom is 0.203 e. The van der Waals surface area contributed by atoms with Gasteiger partial charge >= 0.3 is 0 Å². The largest absolute Gasteiger partial charge is 0.592 e. The summed E-state index contributed by atoms with van der Waals surface area (Å²) in [6.07, 6.45) is 1.94. The van der Waals surface area contributed by atoms with Crippen molar-refractivity contribution < 1.29 is 9.29 Å². The number of hydrogen-bond donors (Lipinski definition) is 1. The third-order valence-corrected chi connectivity index (χ3v) is 8.91. The van der Waals surface area contributed by atoms with Crippen LogP contribution in [0.15, 0.2) is 18.3 Å². The zero-order valence-electron chi connectivity index (χ0n) is 23.0. The molecule has 0 saturated carbocycles. The topological polar surface area (TPSA) is 108 Å². The van der Waals surface area contributed by atoms with Gasteiger partial charge < -0.3 is 19.2 Å². The highest BCUT2D eigenvalue weighted by Gasteiger charge is 2.50. The number of imidazole rings is 1. The normalized spacial score (nSPS) is 17.9. The lowest BCUT2D eigenvalue weighted by atomic mass is 9.99. The Morgan fingerprint density at radius 3 is 2.49 bits per heavy atom. The van der Waals surface area contributed by atoms with E-state index in [9.17, 15) is 4.55 Å². The van der Waals surface area contributed by atoms with Crippen molar-refractivity contribution in [1.29, 1.82) is 0 Å². The molecule has 1 aliphatic rings. The number of fused-ring (bicyclic) bond motifs is 3. The van der Waals surface area contributed by atoms with Gasteiger partial charge in [0, 0.05) is 24.9 Å². The van der Waals surface area contributed by atoms with E-state index in [0.29, 0.717) is 23.8 Å². The fourth-order valence-electron chi connectivity index (χ4n) is 5.12. The molecule has 1 aliphatic heterocycles. The lowest BCUT2D eigenvalue weighted by Gasteiger charge is -2.28. The summed E-state index contributed by atoms with van der Waals surface area (Å²) in [4.78, 5) is 10.1. The number of methoxy groups -OCH3 is 1. The molecule has 0 amide bonds. The van der Waals surface area contributed by atoms with Crippen LogP contribution in [0.4, 0.5) is 11.5 Å². The molecule has 0 radical (unpaired) electrons. The predicted molar refractivity (Wildman–Crippen MR) is 148 cm³/mol. The SMILES string of the molecule is COCC(C)n1c(-c2cn3c(C)nnc3c(NC(C)C)n2)nc2cc3c(cc21)N(C(C)C)[S+]([O-])C3(C)C. The average Bonchev–Trinajstić information content (AvgIpc) is 3.43. The molecular formula is C26H36N8O2S. The lowest BCUT2D eigenvalue weighted by Crippen LogP contribution is -2.39. The minimum atomic E-state index is -1.18. The fraction of sp³-hybridized carbons (Fsp3) is 0.538. The van der Waals surface area contributed by atoms with E-state index in [0.717, 1.165) is 33.9 Å². The highest BCUT2D eigenvalue weighted by atomic mass is 32.2. The van der Waals surface area contributed by atoms with Gasteiger partial charge in [-0.25, -0.2) is 9.97 Å². The summed E-state index contributed by atoms with van der Waals surface area (Å²) >= 11 is -1.18. The van der Waals surface area contributed by atoms with Crippen LogP contribution in [0, 0.1) is 6.92 Å². The molecule has 0 spiro atoms. The minimum absolute atomic E-state index is 0.0172. The van der Waals surface area contributed by atoms with E-state index in [2.05, 4.69) is 66.8 Å². The highest BCUT2D eigenvalue weighted by Crippen LogP contribution is 2.49. The summed E-state index contributed by atoms with van der Waals surface area (Å²) in [5.74, 6) is 2.17. The van der Waals surface area contributed by atoms with E-state index in [-0.39, 0.29) is 18.1 Å². The number of aromatic nitrogens is 6. The van der Waals surface area contributed by atoms with Crippen molar-refractivity contribution in [2.45, 2.75) is 78.3 Å². The molecule has 1 N–H and O–H groups in total. The van der Waals surface area contributed by atoms with Crippen LogP contribution in [0.2, 0.25) is 0 Å². The summed E-state index contributed by atoms with van der Waals surface area (Å²) in [5, 5.41) is 12.0. The summed E-state index contributed by atoms with van der Waals surface area (Å²) < 4.78 is 24.6. The second-order valence-electron chi connectivity index (χ2n) is 10.9. The first-order chi connectivity index (χ1) is 17.4. The van der Waals surface area contributed by atoms with Crippen LogP contribution < -0.4 is 9.62 Å². The second kappa shape index (κ2) is 9.14. The number of benzene rings is 1. The molecule has 0 fully saturated rings. The third-order valence-electron chi connectivity index (χ3n) is 6.84. The monoisotopic (exact) mass is 524 g/mol. The predicted octanol–water partition coefficient (Wildman–Crippen LogP) is 4.60. The van der Waals surface area contributed by atoms with Crippen LogP contribution in [-0.2, 0) is 20.8 Å². The van der Waals surface area contributed by atoms with Gasteiger partial charge in [-0.1, -0.05) is 0 Å². The van der Waals surface area contributed by atoms with Gasteiger partial charge in [-0.05, 0) is 67.5 Å². The van der Waals surface area contributed by atoms with Crippen molar-refractivity contribution in [3.8, 4) is 11.5 Å². The molecule has 0 aliphatic carbocycles. The van der Waals surface area contributed by atoms with E-state index < -0.39 is 16.1 Å². The summed E-state index contributed by atoms with van der Waals surface area (Å²) in [6, 6.07) is 4.48. The number of hydrogen-bond acceptors (Lipinski definition) is 8. The number of ether oxygens (including phenoxy) is 1. The average molecular weight is 525 g/mol. The molecule has 4 aromatic rings. The molecule has 10 nitrogen and oxygen atoms in total. The third kappa shape index (κ3) is 4.04. The molecule has 37 heavy (non-hydrogen) atoms. The van der Waals surface area contributed by atoms with Crippen LogP contribution in [0.25, 0.3) is 28.2 Å². The molecule has 0 saturated heterocycles. The van der Waals surface area contributed by atoms with Crippen LogP contribution >= 0.6 is 0 Å². The van der Waals surface area contributed by atoms with E-state index in [1.54, 1.807) is 7.11 Å². The first-order valence-electron chi connectivity index (χ1n) is 12.7. The van der Waals surface area contributed by atoms with Crippen molar-refractivity contribution in [1.82, 2.24) is 29.1 Å². The van der Waals surface area contributed by atoms with E-state index in [1.807, 2.05) is 35.7 Å². The zero-order valence-corrected chi connectivity index (χ0v) is 23.8. The number of rotatable bonds is 7. The molecular weight excluding hydrogens is 488 g/mol. The number of aryl methyl sites for hydroxylation is 1. The molecule has 1 aromatic carbocycles. The molecule has 2 unspecified atom stereocenters. The Balaban J connectivity index is 1.80. The fourth-order valence-corrected chi connectivity index (χ4v) is 6.68. The van der Waals surface area contributed by atoms with Gasteiger partial charge in [0.2, 0.25) is 5.65 Å². The van der Waals surface area contributed by atoms with Crippen LogP contribution in [0.5, 0.6) is 0 Å². The summed E-state index contributed by atoms with van der Waals surface area (Å²) in [5.41, 5.74) is 5.22. The van der Waals surface area contributed by atoms with Crippen molar-refractivity contribution >= 4 is 39.5 Å². The molecule has 0 bridgehead atoms. The Morgan fingerprint density at radius 2 is 1.84 bits per heavy atom. The summed E-state index contributed by atoms with van der Waals surface area (Å²) in [7, 11) is 1.70. The van der Waals surface area contributed by atoms with Crippen molar-refractivity contribution in [3.63, 3.8) is 0 Å². The van der Waals surface area contributed by atoms with E-state index in [4.69, 9.17) is 14.7 Å². The Kier molecular flexibility index (Phi) is 6.36. The first-order valence-corrected chi connectivity index (χ1v) is 13.8. The Hall–Kier alpha value is -2.89. The first kappa shape index (κ1) is 25.7. The van der Waals surface area contributed by atoms with Gasteiger partial charge in [-0.2, -0.15) is 4.31 Å². The van der Waals surface area contributed by atoms with Crippen LogP contribution in [-0.4, -0.2) is 59.5 Å². The molecule has 4 heterocycles. The van der Waals surface area contributed by atoms with Crippen molar-refractivity contribution in [2.75, 3.05) is 23.3 Å². The van der Waals surface area contributed by atoms with Gasteiger partial charge in [0.05, 0.1) is 46.8 Å². The minimum Gasteiger partial charge on any atom is -0.592 e. The molecule has 5 rings (SSSR count). The van der Waals surface area contributed by atoms with E-state index in [1.165, 1.54) is 0 Å². The summed E-state index contributed by atoms with van der Waals surface area (Å²) in [6.45, 7) is 16.9. The second-order valence-corrected chi connectivity index (χ2v) is 12.8. The maximum atomic E-state index is 13.5. The lowest BCUT2D eigenvalue weighted by molar-refractivity contribution is 0.164. The Labute approximate surface area is 220 Å². The van der Waals surface area contributed by atoms with Gasteiger partial charge in [-0.3, -0.25) is 4.40 Å².